The summed E-state index contributed by atoms with van der Waals surface area (Å²) in [6, 6.07) is 16.7. The van der Waals surface area contributed by atoms with Gasteiger partial charge in [-0.25, -0.2) is 4.79 Å². The van der Waals surface area contributed by atoms with E-state index < -0.39 is 23.3 Å². The minimum absolute atomic E-state index is 0.286. The molecule has 7 heteroatoms. The summed E-state index contributed by atoms with van der Waals surface area (Å²) in [5, 5.41) is 2.50. The van der Waals surface area contributed by atoms with Gasteiger partial charge in [-0.15, -0.1) is 0 Å². The lowest BCUT2D eigenvalue weighted by atomic mass is 9.67. The van der Waals surface area contributed by atoms with Gasteiger partial charge in [-0.3, -0.25) is 19.8 Å². The largest absolute Gasteiger partial charge is 0.368 e. The van der Waals surface area contributed by atoms with E-state index in [4.69, 9.17) is 0 Å². The highest BCUT2D eigenvalue weighted by molar-refractivity contribution is 6.20. The maximum Gasteiger partial charge on any atom is 0.331 e. The molecule has 1 N–H and O–H groups in total. The number of benzene rings is 2. The molecule has 2 aromatic carbocycles. The zero-order valence-electron chi connectivity index (χ0n) is 17.7. The third-order valence-corrected chi connectivity index (χ3v) is 6.80. The van der Waals surface area contributed by atoms with Crippen molar-refractivity contribution in [1.82, 2.24) is 10.2 Å². The highest BCUT2D eigenvalue weighted by Gasteiger charge is 2.63. The number of hydrogen-bond acceptors (Lipinski definition) is 5. The molecule has 3 heterocycles. The van der Waals surface area contributed by atoms with Crippen LogP contribution >= 0.6 is 0 Å². The number of carbonyl (C=O) groups is 3. The summed E-state index contributed by atoms with van der Waals surface area (Å²) in [5.74, 6) is -0.880. The average Bonchev–Trinajstić information content (AvgIpc) is 2.77. The Morgan fingerprint density at radius 2 is 1.68 bits per heavy atom. The van der Waals surface area contributed by atoms with Gasteiger partial charge in [0.15, 0.2) is 5.41 Å². The molecule has 3 aliphatic rings. The molecule has 0 aliphatic carbocycles. The number of imide groups is 2. The van der Waals surface area contributed by atoms with Gasteiger partial charge in [-0.1, -0.05) is 36.4 Å². The van der Waals surface area contributed by atoms with E-state index in [-0.39, 0.29) is 18.5 Å². The first-order valence-electron chi connectivity index (χ1n) is 10.8. The monoisotopic (exact) mass is 418 g/mol. The predicted octanol–water partition coefficient (Wildman–Crippen LogP) is 2.41. The molecule has 4 amide bonds. The summed E-state index contributed by atoms with van der Waals surface area (Å²) < 4.78 is 0. The fourth-order valence-electron chi connectivity index (χ4n) is 5.32. The van der Waals surface area contributed by atoms with E-state index in [2.05, 4.69) is 21.2 Å². The van der Waals surface area contributed by atoms with Gasteiger partial charge >= 0.3 is 6.03 Å². The highest BCUT2D eigenvalue weighted by Crippen LogP contribution is 2.46. The van der Waals surface area contributed by atoms with Crippen LogP contribution in [0.4, 0.5) is 16.2 Å². The zero-order chi connectivity index (χ0) is 21.8. The topological polar surface area (TPSA) is 73.0 Å². The number of rotatable bonds is 2. The molecular weight excluding hydrogens is 392 g/mol. The van der Waals surface area contributed by atoms with Gasteiger partial charge in [0.05, 0.1) is 6.04 Å². The first-order valence-corrected chi connectivity index (χ1v) is 10.8. The summed E-state index contributed by atoms with van der Waals surface area (Å²) in [7, 11) is 0. The van der Waals surface area contributed by atoms with Crippen LogP contribution in [0.3, 0.4) is 0 Å². The van der Waals surface area contributed by atoms with E-state index in [9.17, 15) is 14.4 Å². The van der Waals surface area contributed by atoms with Gasteiger partial charge in [0.2, 0.25) is 11.8 Å². The molecule has 0 saturated carbocycles. The van der Waals surface area contributed by atoms with Gasteiger partial charge < -0.3 is 9.80 Å². The minimum atomic E-state index is -1.35. The van der Waals surface area contributed by atoms with Crippen LogP contribution in [-0.4, -0.2) is 54.5 Å². The SMILES string of the molecule is CC(C)N1C(=O)NC(=O)[C@@]2(Cc3ccccc3N3CCN(c4ccccc4)C[C@H]32)C1=O. The number of para-hydroxylation sites is 2. The molecule has 2 atom stereocenters. The number of nitrogens with one attached hydrogen (secondary N) is 1. The van der Waals surface area contributed by atoms with E-state index in [0.29, 0.717) is 13.1 Å². The van der Waals surface area contributed by atoms with Crippen LogP contribution in [0.2, 0.25) is 0 Å². The van der Waals surface area contributed by atoms with Crippen molar-refractivity contribution in [3.63, 3.8) is 0 Å². The van der Waals surface area contributed by atoms with Crippen LogP contribution < -0.4 is 15.1 Å². The highest BCUT2D eigenvalue weighted by atomic mass is 16.2. The van der Waals surface area contributed by atoms with Crippen molar-refractivity contribution in [2.45, 2.75) is 32.4 Å². The Morgan fingerprint density at radius 1 is 0.968 bits per heavy atom. The summed E-state index contributed by atoms with van der Waals surface area (Å²) >= 11 is 0. The molecule has 7 nitrogen and oxygen atoms in total. The Kier molecular flexibility index (Phi) is 4.50. The Morgan fingerprint density at radius 3 is 2.42 bits per heavy atom. The number of anilines is 2. The van der Waals surface area contributed by atoms with Crippen LogP contribution in [0.5, 0.6) is 0 Å². The number of urea groups is 1. The molecule has 2 saturated heterocycles. The van der Waals surface area contributed by atoms with Crippen molar-refractivity contribution in [3.05, 3.63) is 60.2 Å². The number of carbonyl (C=O) groups excluding carboxylic acids is 3. The Balaban J connectivity index is 1.64. The van der Waals surface area contributed by atoms with Crippen molar-refractivity contribution in [2.75, 3.05) is 29.4 Å². The van der Waals surface area contributed by atoms with Gasteiger partial charge in [0, 0.05) is 37.1 Å². The molecule has 1 spiro atoms. The van der Waals surface area contributed by atoms with Gasteiger partial charge in [-0.2, -0.15) is 0 Å². The van der Waals surface area contributed by atoms with E-state index in [1.807, 2.05) is 48.5 Å². The second-order valence-electron chi connectivity index (χ2n) is 8.80. The Labute approximate surface area is 181 Å². The second kappa shape index (κ2) is 7.11. The molecule has 0 unspecified atom stereocenters. The normalized spacial score (nSPS) is 25.6. The van der Waals surface area contributed by atoms with E-state index in [0.717, 1.165) is 23.5 Å². The number of hydrogen-bond donors (Lipinski definition) is 1. The third kappa shape index (κ3) is 2.83. The van der Waals surface area contributed by atoms with E-state index in [1.54, 1.807) is 13.8 Å². The molecule has 5 rings (SSSR count). The van der Waals surface area contributed by atoms with Gasteiger partial charge in [0.1, 0.15) is 0 Å². The van der Waals surface area contributed by atoms with Crippen molar-refractivity contribution in [3.8, 4) is 0 Å². The molecule has 0 aromatic heterocycles. The quantitative estimate of drug-likeness (QED) is 0.759. The molecule has 2 aromatic rings. The number of nitrogens with zero attached hydrogens (tertiary/aromatic N) is 3. The van der Waals surface area contributed by atoms with E-state index in [1.165, 1.54) is 4.90 Å². The molecule has 160 valence electrons. The first kappa shape index (κ1) is 19.6. The van der Waals surface area contributed by atoms with Crippen LogP contribution in [0.25, 0.3) is 0 Å². The number of barbiturate groups is 1. The Bertz CT molecular complexity index is 1050. The molecular formula is C24H26N4O3. The zero-order valence-corrected chi connectivity index (χ0v) is 17.7. The van der Waals surface area contributed by atoms with Crippen molar-refractivity contribution in [1.29, 1.82) is 0 Å². The fourth-order valence-corrected chi connectivity index (χ4v) is 5.32. The third-order valence-electron chi connectivity index (χ3n) is 6.80. The predicted molar refractivity (Wildman–Crippen MR) is 118 cm³/mol. The second-order valence-corrected chi connectivity index (χ2v) is 8.80. The minimum Gasteiger partial charge on any atom is -0.368 e. The van der Waals surface area contributed by atoms with Crippen LogP contribution in [-0.2, 0) is 16.0 Å². The summed E-state index contributed by atoms with van der Waals surface area (Å²) in [6.45, 7) is 5.60. The van der Waals surface area contributed by atoms with E-state index >= 15 is 0 Å². The van der Waals surface area contributed by atoms with Gasteiger partial charge in [0.25, 0.3) is 0 Å². The standard InChI is InChI=1S/C24H26N4O3/c1-16(2)28-22(30)24(21(29)25-23(28)31)14-17-8-6-7-11-19(17)27-13-12-26(15-20(24)27)18-9-4-3-5-10-18/h3-11,16,20H,12-15H2,1-2H3,(H,25,29,31)/t20-,24-/m0/s1. The number of amides is 4. The number of piperazine rings is 1. The summed E-state index contributed by atoms with van der Waals surface area (Å²) in [5.41, 5.74) is 1.75. The molecule has 0 bridgehead atoms. The first-order chi connectivity index (χ1) is 14.9. The van der Waals surface area contributed by atoms with Crippen molar-refractivity contribution in [2.24, 2.45) is 5.41 Å². The molecule has 0 radical (unpaired) electrons. The lowest BCUT2D eigenvalue weighted by molar-refractivity contribution is -0.154. The van der Waals surface area contributed by atoms with Crippen molar-refractivity contribution < 1.29 is 14.4 Å². The van der Waals surface area contributed by atoms with Crippen molar-refractivity contribution >= 4 is 29.2 Å². The maximum atomic E-state index is 13.9. The summed E-state index contributed by atoms with van der Waals surface area (Å²) in [6.07, 6.45) is 0.286. The average molecular weight is 418 g/mol. The lowest BCUT2D eigenvalue weighted by Gasteiger charge is -2.56. The van der Waals surface area contributed by atoms with Crippen LogP contribution in [0, 0.1) is 5.41 Å². The summed E-state index contributed by atoms with van der Waals surface area (Å²) in [4.78, 5) is 45.5. The van der Waals surface area contributed by atoms with Crippen LogP contribution in [0.1, 0.15) is 19.4 Å². The van der Waals surface area contributed by atoms with Crippen LogP contribution in [0.15, 0.2) is 54.6 Å². The molecule has 3 aliphatic heterocycles. The fraction of sp³-hybridized carbons (Fsp3) is 0.375. The lowest BCUT2D eigenvalue weighted by Crippen LogP contribution is -2.75. The maximum absolute atomic E-state index is 13.9. The smallest absolute Gasteiger partial charge is 0.331 e. The molecule has 31 heavy (non-hydrogen) atoms. The number of fused-ring (bicyclic) bond motifs is 4. The van der Waals surface area contributed by atoms with Gasteiger partial charge in [-0.05, 0) is 44.0 Å². The Hall–Kier alpha value is -3.35. The molecule has 2 fully saturated rings.